The van der Waals surface area contributed by atoms with Crippen molar-refractivity contribution in [3.63, 3.8) is 0 Å². The monoisotopic (exact) mass is 361 g/mol. The van der Waals surface area contributed by atoms with Gasteiger partial charge in [-0.2, -0.15) is 4.31 Å². The molecule has 1 unspecified atom stereocenters. The molecule has 0 saturated carbocycles. The van der Waals surface area contributed by atoms with E-state index in [1.54, 1.807) is 19.1 Å². The molecule has 0 radical (unpaired) electrons. The average molecular weight is 362 g/mol. The summed E-state index contributed by atoms with van der Waals surface area (Å²) in [6.07, 6.45) is 5.53. The lowest BCUT2D eigenvalue weighted by molar-refractivity contribution is 0.371. The maximum atomic E-state index is 12.9. The first-order chi connectivity index (χ1) is 10.2. The fraction of sp³-hybridized carbons (Fsp3) is 0.429. The van der Waals surface area contributed by atoms with E-state index in [0.717, 1.165) is 4.31 Å². The molecule has 0 aromatic heterocycles. The van der Waals surface area contributed by atoms with Gasteiger partial charge < -0.3 is 0 Å². The maximum absolute atomic E-state index is 12.9. The van der Waals surface area contributed by atoms with E-state index in [9.17, 15) is 16.8 Å². The molecule has 1 aromatic rings. The Labute approximate surface area is 136 Å². The summed E-state index contributed by atoms with van der Waals surface area (Å²) in [6.45, 7) is 1.48. The van der Waals surface area contributed by atoms with E-state index in [1.165, 1.54) is 6.07 Å². The molecule has 1 heterocycles. The number of sulfone groups is 1. The van der Waals surface area contributed by atoms with Gasteiger partial charge in [-0.15, -0.1) is 6.42 Å². The Morgan fingerprint density at radius 1 is 1.45 bits per heavy atom. The Bertz CT molecular complexity index is 825. The molecule has 0 amide bonds. The van der Waals surface area contributed by atoms with Crippen LogP contribution < -0.4 is 0 Å². The molecular weight excluding hydrogens is 346 g/mol. The van der Waals surface area contributed by atoms with Crippen LogP contribution in [0.15, 0.2) is 23.1 Å². The minimum Gasteiger partial charge on any atom is -0.229 e. The highest BCUT2D eigenvalue weighted by molar-refractivity contribution is 7.92. The lowest BCUT2D eigenvalue weighted by Crippen LogP contribution is -2.41. The first-order valence-electron chi connectivity index (χ1n) is 6.59. The molecule has 1 atom stereocenters. The van der Waals surface area contributed by atoms with Gasteiger partial charge in [-0.1, -0.05) is 23.6 Å². The quantitative estimate of drug-likeness (QED) is 0.761. The predicted molar refractivity (Wildman–Crippen MR) is 86.0 cm³/mol. The van der Waals surface area contributed by atoms with Crippen LogP contribution in [0.3, 0.4) is 0 Å². The Morgan fingerprint density at radius 3 is 2.68 bits per heavy atom. The number of halogens is 1. The zero-order chi connectivity index (χ0) is 16.5. The van der Waals surface area contributed by atoms with Crippen molar-refractivity contribution in [1.29, 1.82) is 0 Å². The van der Waals surface area contributed by atoms with Crippen molar-refractivity contribution in [2.45, 2.75) is 24.3 Å². The van der Waals surface area contributed by atoms with E-state index < -0.39 is 25.9 Å². The molecule has 2 rings (SSSR count). The first-order valence-corrected chi connectivity index (χ1v) is 10.2. The number of hydrogen-bond donors (Lipinski definition) is 0. The van der Waals surface area contributed by atoms with Crippen molar-refractivity contribution >= 4 is 31.5 Å². The Hall–Kier alpha value is -1.07. The fourth-order valence-electron chi connectivity index (χ4n) is 2.48. The number of sulfonamides is 1. The summed E-state index contributed by atoms with van der Waals surface area (Å²) in [5.74, 6) is 2.08. The number of benzene rings is 1. The highest BCUT2D eigenvalue weighted by atomic mass is 35.5. The van der Waals surface area contributed by atoms with E-state index in [2.05, 4.69) is 5.92 Å². The van der Waals surface area contributed by atoms with Gasteiger partial charge in [0.15, 0.2) is 9.84 Å². The van der Waals surface area contributed by atoms with Gasteiger partial charge in [0.2, 0.25) is 10.0 Å². The van der Waals surface area contributed by atoms with Crippen LogP contribution in [0.1, 0.15) is 12.0 Å². The molecule has 8 heteroatoms. The van der Waals surface area contributed by atoms with Crippen LogP contribution in [0.5, 0.6) is 0 Å². The van der Waals surface area contributed by atoms with Crippen molar-refractivity contribution in [2.24, 2.45) is 0 Å². The lowest BCUT2D eigenvalue weighted by atomic mass is 10.2. The summed E-state index contributed by atoms with van der Waals surface area (Å²) in [5.41, 5.74) is 0.535. The third-order valence-corrected chi connectivity index (χ3v) is 7.63. The van der Waals surface area contributed by atoms with Crippen molar-refractivity contribution in [3.8, 4) is 12.3 Å². The smallest absolute Gasteiger partial charge is 0.229 e. The number of hydrogen-bond acceptors (Lipinski definition) is 4. The molecule has 120 valence electrons. The van der Waals surface area contributed by atoms with Gasteiger partial charge in [0.05, 0.1) is 22.9 Å². The second-order valence-electron chi connectivity index (χ2n) is 5.22. The highest BCUT2D eigenvalue weighted by Crippen LogP contribution is 2.28. The molecule has 1 fully saturated rings. The van der Waals surface area contributed by atoms with Crippen molar-refractivity contribution in [3.05, 3.63) is 28.8 Å². The summed E-state index contributed by atoms with van der Waals surface area (Å²) < 4.78 is 50.1. The summed E-state index contributed by atoms with van der Waals surface area (Å²) in [7, 11) is -7.13. The third-order valence-electron chi connectivity index (χ3n) is 3.60. The van der Waals surface area contributed by atoms with Gasteiger partial charge in [-0.25, -0.2) is 16.8 Å². The molecule has 0 aliphatic carbocycles. The Balaban J connectivity index is 2.48. The van der Waals surface area contributed by atoms with Crippen LogP contribution in [-0.2, 0) is 19.9 Å². The maximum Gasteiger partial charge on any atom is 0.244 e. The van der Waals surface area contributed by atoms with Gasteiger partial charge >= 0.3 is 0 Å². The van der Waals surface area contributed by atoms with Crippen LogP contribution in [0.4, 0.5) is 0 Å². The molecule has 1 saturated heterocycles. The zero-order valence-electron chi connectivity index (χ0n) is 12.0. The largest absolute Gasteiger partial charge is 0.244 e. The molecule has 22 heavy (non-hydrogen) atoms. The number of aryl methyl sites for hydroxylation is 1. The van der Waals surface area contributed by atoms with Gasteiger partial charge in [0.1, 0.15) is 0 Å². The molecule has 5 nitrogen and oxygen atoms in total. The summed E-state index contributed by atoms with van der Waals surface area (Å²) >= 11 is 5.89. The topological polar surface area (TPSA) is 71.5 Å². The first kappa shape index (κ1) is 17.3. The van der Waals surface area contributed by atoms with Crippen LogP contribution in [0.2, 0.25) is 5.02 Å². The predicted octanol–water partition coefficient (Wildman–Crippen LogP) is 1.46. The zero-order valence-corrected chi connectivity index (χ0v) is 14.4. The van der Waals surface area contributed by atoms with E-state index in [0.29, 0.717) is 10.6 Å². The number of rotatable bonds is 4. The van der Waals surface area contributed by atoms with Crippen molar-refractivity contribution < 1.29 is 16.8 Å². The van der Waals surface area contributed by atoms with Gasteiger partial charge in [0.25, 0.3) is 0 Å². The molecule has 0 N–H and O–H groups in total. The van der Waals surface area contributed by atoms with E-state index in [-0.39, 0.29) is 29.4 Å². The third kappa shape index (κ3) is 3.46. The summed E-state index contributed by atoms with van der Waals surface area (Å²) in [6, 6.07) is 3.93. The molecule has 1 aromatic carbocycles. The average Bonchev–Trinajstić information content (AvgIpc) is 2.78. The minimum absolute atomic E-state index is 0.0250. The Morgan fingerprint density at radius 2 is 2.14 bits per heavy atom. The molecule has 0 spiro atoms. The van der Waals surface area contributed by atoms with Gasteiger partial charge in [-0.3, -0.25) is 0 Å². The normalized spacial score (nSPS) is 20.9. The fourth-order valence-corrected chi connectivity index (χ4v) is 6.36. The van der Waals surface area contributed by atoms with Crippen LogP contribution in [0, 0.1) is 19.3 Å². The van der Waals surface area contributed by atoms with Gasteiger partial charge in [0, 0.05) is 11.1 Å². The SMILES string of the molecule is C#CCN(C1CCS(=O)(=O)C1)S(=O)(=O)c1cc(Cl)ccc1C. The number of terminal acetylenes is 1. The highest BCUT2D eigenvalue weighted by Gasteiger charge is 2.38. The van der Waals surface area contributed by atoms with Crippen molar-refractivity contribution in [2.75, 3.05) is 18.1 Å². The van der Waals surface area contributed by atoms with Gasteiger partial charge in [-0.05, 0) is 31.0 Å². The van der Waals surface area contributed by atoms with Crippen LogP contribution in [0.25, 0.3) is 0 Å². The second-order valence-corrected chi connectivity index (χ2v) is 9.75. The van der Waals surface area contributed by atoms with Crippen LogP contribution in [-0.4, -0.2) is 45.2 Å². The minimum atomic E-state index is -3.91. The summed E-state index contributed by atoms with van der Waals surface area (Å²) in [5, 5.41) is 0.295. The van der Waals surface area contributed by atoms with E-state index >= 15 is 0 Å². The molecular formula is C14H16ClNO4S2. The standard InChI is InChI=1S/C14H16ClNO4S2/c1-3-7-16(13-6-8-21(17,18)10-13)22(19,20)14-9-12(15)5-4-11(14)2/h1,4-5,9,13H,6-8,10H2,2H3. The molecule has 0 bridgehead atoms. The second kappa shape index (κ2) is 6.20. The lowest BCUT2D eigenvalue weighted by Gasteiger charge is -2.26. The van der Waals surface area contributed by atoms with E-state index in [1.807, 2.05) is 0 Å². The summed E-state index contributed by atoms with van der Waals surface area (Å²) in [4.78, 5) is 0.0551. The molecule has 1 aliphatic rings. The number of nitrogens with zero attached hydrogens (tertiary/aromatic N) is 1. The molecule has 1 aliphatic heterocycles. The van der Waals surface area contributed by atoms with Crippen LogP contribution >= 0.6 is 11.6 Å². The van der Waals surface area contributed by atoms with Crippen molar-refractivity contribution in [1.82, 2.24) is 4.31 Å². The Kier molecular flexibility index (Phi) is 4.87. The van der Waals surface area contributed by atoms with E-state index in [4.69, 9.17) is 18.0 Å².